The van der Waals surface area contributed by atoms with Gasteiger partial charge in [0.05, 0.1) is 0 Å². The van der Waals surface area contributed by atoms with Gasteiger partial charge in [0.25, 0.3) is 0 Å². The first-order valence-corrected chi connectivity index (χ1v) is 8.98. The van der Waals surface area contributed by atoms with Crippen molar-refractivity contribution in [3.63, 3.8) is 0 Å². The topological polar surface area (TPSA) is 74.6 Å². The normalized spacial score (nSPS) is 10.6. The van der Waals surface area contributed by atoms with Gasteiger partial charge in [-0.2, -0.15) is 0 Å². The van der Waals surface area contributed by atoms with E-state index in [1.807, 2.05) is 0 Å². The van der Waals surface area contributed by atoms with Gasteiger partial charge >= 0.3 is 11.9 Å². The molecule has 149 valence electrons. The number of rotatable bonds is 11. The van der Waals surface area contributed by atoms with Crippen LogP contribution in [0, 0.1) is 11.3 Å². The summed E-state index contributed by atoms with van der Waals surface area (Å²) < 4.78 is 0. The summed E-state index contributed by atoms with van der Waals surface area (Å²) in [5.41, 5.74) is 0.392. The van der Waals surface area contributed by atoms with E-state index in [9.17, 15) is 9.59 Å². The van der Waals surface area contributed by atoms with Crippen molar-refractivity contribution in [3.05, 3.63) is 0 Å². The Morgan fingerprint density at radius 1 is 0.792 bits per heavy atom. The molecule has 0 atom stereocenters. The van der Waals surface area contributed by atoms with Crippen LogP contribution in [-0.4, -0.2) is 22.2 Å². The van der Waals surface area contributed by atoms with E-state index in [1.54, 1.807) is 0 Å². The van der Waals surface area contributed by atoms with E-state index in [2.05, 4.69) is 34.6 Å². The van der Waals surface area contributed by atoms with Gasteiger partial charge in [-0.1, -0.05) is 66.7 Å². The third-order valence-electron chi connectivity index (χ3n) is 3.49. The minimum absolute atomic E-state index is 0. The van der Waals surface area contributed by atoms with Crippen molar-refractivity contribution in [1.82, 2.24) is 0 Å². The number of carboxylic acid groups (broad SMARTS) is 2. The van der Waals surface area contributed by atoms with Crippen LogP contribution in [0.2, 0.25) is 0 Å². The molecule has 0 aliphatic carbocycles. The van der Waals surface area contributed by atoms with Crippen LogP contribution in [0.15, 0.2) is 0 Å². The molecule has 0 heterocycles. The predicted octanol–water partition coefficient (Wildman–Crippen LogP) is 5.74. The largest absolute Gasteiger partial charge is 0.481 e. The van der Waals surface area contributed by atoms with Crippen LogP contribution in [0.25, 0.3) is 0 Å². The smallest absolute Gasteiger partial charge is 0.303 e. The van der Waals surface area contributed by atoms with E-state index in [4.69, 9.17) is 10.2 Å². The van der Waals surface area contributed by atoms with Crippen LogP contribution in [0.1, 0.15) is 98.8 Å². The summed E-state index contributed by atoms with van der Waals surface area (Å²) in [6.07, 6.45) is 9.15. The van der Waals surface area contributed by atoms with Gasteiger partial charge in [-0.25, -0.2) is 0 Å². The summed E-state index contributed by atoms with van der Waals surface area (Å²) in [5, 5.41) is 16.7. The molecule has 0 unspecified atom stereocenters. The quantitative estimate of drug-likeness (QED) is 0.346. The molecule has 0 aromatic rings. The Hall–Kier alpha value is -0.541. The molecule has 0 bridgehead atoms. The van der Waals surface area contributed by atoms with Crippen molar-refractivity contribution in [2.24, 2.45) is 11.3 Å². The summed E-state index contributed by atoms with van der Waals surface area (Å²) in [6, 6.07) is 0. The van der Waals surface area contributed by atoms with E-state index >= 15 is 0 Å². The molecular formula is C19H38CuO4. The maximum Gasteiger partial charge on any atom is 0.303 e. The first-order chi connectivity index (χ1) is 10.5. The average Bonchev–Trinajstić information content (AvgIpc) is 2.36. The third kappa shape index (κ3) is 33.2. The summed E-state index contributed by atoms with van der Waals surface area (Å²) >= 11 is 0. The number of carboxylic acids is 2. The Labute approximate surface area is 159 Å². The molecule has 0 aromatic carbocycles. The van der Waals surface area contributed by atoms with Crippen molar-refractivity contribution in [3.8, 4) is 0 Å². The third-order valence-corrected chi connectivity index (χ3v) is 3.49. The Kier molecular flexibility index (Phi) is 20.4. The molecule has 0 rings (SSSR count). The van der Waals surface area contributed by atoms with Crippen LogP contribution in [0.5, 0.6) is 0 Å². The number of hydrogen-bond donors (Lipinski definition) is 2. The molecule has 0 aliphatic heterocycles. The molecule has 1 radical (unpaired) electrons. The van der Waals surface area contributed by atoms with Crippen LogP contribution in [0.4, 0.5) is 0 Å². The van der Waals surface area contributed by atoms with Gasteiger partial charge < -0.3 is 10.2 Å². The van der Waals surface area contributed by atoms with E-state index in [1.165, 1.54) is 19.3 Å². The minimum Gasteiger partial charge on any atom is -0.481 e. The fourth-order valence-electron chi connectivity index (χ4n) is 2.11. The zero-order chi connectivity index (χ0) is 18.3. The van der Waals surface area contributed by atoms with E-state index in [0.717, 1.165) is 38.0 Å². The van der Waals surface area contributed by atoms with Gasteiger partial charge in [-0.3, -0.25) is 9.59 Å². The maximum atomic E-state index is 10.2. The molecule has 5 heteroatoms. The van der Waals surface area contributed by atoms with Gasteiger partial charge in [0.15, 0.2) is 0 Å². The van der Waals surface area contributed by atoms with Crippen LogP contribution < -0.4 is 0 Å². The van der Waals surface area contributed by atoms with E-state index < -0.39 is 11.9 Å². The van der Waals surface area contributed by atoms with Crippen LogP contribution >= 0.6 is 0 Å². The van der Waals surface area contributed by atoms with Gasteiger partial charge in [-0.15, -0.1) is 0 Å². The SMILES string of the molecule is CC(C)(C)CCCCCC(=O)O.CC(C)CCCCCC(=O)O.[Cu]. The fraction of sp³-hybridized carbons (Fsp3) is 0.895. The van der Waals surface area contributed by atoms with E-state index in [-0.39, 0.29) is 17.1 Å². The van der Waals surface area contributed by atoms with Gasteiger partial charge in [-0.05, 0) is 30.6 Å². The first kappa shape index (κ1) is 28.3. The molecule has 2 N–H and O–H groups in total. The number of hydrogen-bond acceptors (Lipinski definition) is 2. The predicted molar refractivity (Wildman–Crippen MR) is 95.7 cm³/mol. The van der Waals surface area contributed by atoms with Gasteiger partial charge in [0, 0.05) is 29.9 Å². The first-order valence-electron chi connectivity index (χ1n) is 8.98. The second-order valence-electron chi connectivity index (χ2n) is 7.90. The number of aliphatic carboxylic acids is 2. The van der Waals surface area contributed by atoms with Crippen molar-refractivity contribution in [2.45, 2.75) is 98.8 Å². The molecular weight excluding hydrogens is 356 g/mol. The monoisotopic (exact) mass is 393 g/mol. The van der Waals surface area contributed by atoms with Crippen molar-refractivity contribution >= 4 is 11.9 Å². The molecule has 0 spiro atoms. The Bertz CT molecular complexity index is 309. The second-order valence-corrected chi connectivity index (χ2v) is 7.90. The summed E-state index contributed by atoms with van der Waals surface area (Å²) in [4.78, 5) is 20.3. The molecule has 24 heavy (non-hydrogen) atoms. The van der Waals surface area contributed by atoms with Crippen LogP contribution in [0.3, 0.4) is 0 Å². The number of unbranched alkanes of at least 4 members (excludes halogenated alkanes) is 4. The summed E-state index contributed by atoms with van der Waals surface area (Å²) in [5.74, 6) is -0.597. The zero-order valence-corrected chi connectivity index (χ0v) is 17.1. The average molecular weight is 394 g/mol. The standard InChI is InChI=1S/C10H20O2.C9H18O2.Cu/c1-10(2,3)8-6-4-5-7-9(11)12;1-8(2)6-4-3-5-7-9(10)11;/h4-8H2,1-3H3,(H,11,12);8H,3-7H2,1-2H3,(H,10,11);. The summed E-state index contributed by atoms with van der Waals surface area (Å²) in [6.45, 7) is 11.0. The molecule has 0 fully saturated rings. The Morgan fingerprint density at radius 2 is 1.21 bits per heavy atom. The molecule has 0 aromatic heterocycles. The zero-order valence-electron chi connectivity index (χ0n) is 16.2. The van der Waals surface area contributed by atoms with Gasteiger partial charge in [0.2, 0.25) is 0 Å². The molecule has 4 nitrogen and oxygen atoms in total. The Morgan fingerprint density at radius 3 is 1.54 bits per heavy atom. The molecule has 0 saturated carbocycles. The van der Waals surface area contributed by atoms with Crippen molar-refractivity contribution in [2.75, 3.05) is 0 Å². The second kappa shape index (κ2) is 17.3. The molecule has 0 aliphatic rings. The summed E-state index contributed by atoms with van der Waals surface area (Å²) in [7, 11) is 0. The van der Waals surface area contributed by atoms with Crippen molar-refractivity contribution in [1.29, 1.82) is 0 Å². The van der Waals surface area contributed by atoms with Gasteiger partial charge in [0.1, 0.15) is 0 Å². The fourth-order valence-corrected chi connectivity index (χ4v) is 2.11. The van der Waals surface area contributed by atoms with Crippen molar-refractivity contribution < 1.29 is 36.9 Å². The molecule has 0 saturated heterocycles. The van der Waals surface area contributed by atoms with Crippen LogP contribution in [-0.2, 0) is 26.7 Å². The Balaban J connectivity index is -0.000000354. The van der Waals surface area contributed by atoms with E-state index in [0.29, 0.717) is 18.3 Å². The maximum absolute atomic E-state index is 10.2. The molecule has 0 amide bonds. The minimum atomic E-state index is -0.675. The number of carbonyl (C=O) groups is 2.